The summed E-state index contributed by atoms with van der Waals surface area (Å²) in [7, 11) is -2.06. The van der Waals surface area contributed by atoms with E-state index in [0.29, 0.717) is 43.2 Å². The zero-order valence-electron chi connectivity index (χ0n) is 19.0. The molecular formula is C22H29ClN4O5S. The molecule has 0 spiro atoms. The van der Waals surface area contributed by atoms with Gasteiger partial charge >= 0.3 is 0 Å². The van der Waals surface area contributed by atoms with Crippen molar-refractivity contribution in [2.75, 3.05) is 38.2 Å². The molecule has 9 nitrogen and oxygen atoms in total. The van der Waals surface area contributed by atoms with Gasteiger partial charge in [-0.05, 0) is 51.3 Å². The van der Waals surface area contributed by atoms with Gasteiger partial charge < -0.3 is 19.5 Å². The predicted octanol–water partition coefficient (Wildman–Crippen LogP) is 2.75. The summed E-state index contributed by atoms with van der Waals surface area (Å²) in [6.07, 6.45) is 1.78. The maximum absolute atomic E-state index is 13.0. The van der Waals surface area contributed by atoms with Crippen molar-refractivity contribution in [3.63, 3.8) is 0 Å². The van der Waals surface area contributed by atoms with Gasteiger partial charge in [-0.3, -0.25) is 4.79 Å². The molecule has 2 fully saturated rings. The Balaban J connectivity index is 1.33. The average Bonchev–Trinajstić information content (AvgIpc) is 3.39. The number of benzene rings is 1. The van der Waals surface area contributed by atoms with Crippen LogP contribution in [0.25, 0.3) is 0 Å². The lowest BCUT2D eigenvalue weighted by Crippen LogP contribution is -2.46. The van der Waals surface area contributed by atoms with Gasteiger partial charge in [-0.15, -0.1) is 0 Å². The second kappa shape index (κ2) is 9.52. The Bertz CT molecular complexity index is 1110. The number of ether oxygens (including phenoxy) is 1. The number of sulfonamides is 1. The van der Waals surface area contributed by atoms with Crippen LogP contribution in [-0.2, 0) is 14.8 Å². The van der Waals surface area contributed by atoms with Gasteiger partial charge in [0.25, 0.3) is 0 Å². The molecule has 1 aromatic heterocycles. The summed E-state index contributed by atoms with van der Waals surface area (Å²) >= 11 is 6.16. The van der Waals surface area contributed by atoms with Crippen molar-refractivity contribution in [1.82, 2.24) is 14.8 Å². The molecule has 33 heavy (non-hydrogen) atoms. The van der Waals surface area contributed by atoms with E-state index >= 15 is 0 Å². The number of hydrogen-bond donors (Lipinski definition) is 1. The van der Waals surface area contributed by atoms with Gasteiger partial charge in [0, 0.05) is 43.2 Å². The number of carbonyl (C=O) groups is 1. The van der Waals surface area contributed by atoms with Gasteiger partial charge in [0.2, 0.25) is 15.9 Å². The molecule has 11 heteroatoms. The van der Waals surface area contributed by atoms with Crippen molar-refractivity contribution < 1.29 is 22.5 Å². The van der Waals surface area contributed by atoms with Crippen LogP contribution in [0.1, 0.15) is 30.7 Å². The average molecular weight is 497 g/mol. The zero-order chi connectivity index (χ0) is 23.8. The van der Waals surface area contributed by atoms with E-state index in [2.05, 4.69) is 15.4 Å². The molecule has 2 aromatic rings. The first kappa shape index (κ1) is 23.8. The van der Waals surface area contributed by atoms with Crippen LogP contribution in [0, 0.1) is 19.8 Å². The molecule has 1 atom stereocenters. The van der Waals surface area contributed by atoms with E-state index in [-0.39, 0.29) is 28.5 Å². The number of rotatable bonds is 6. The molecule has 1 unspecified atom stereocenters. The van der Waals surface area contributed by atoms with Crippen LogP contribution in [-0.4, -0.2) is 63.1 Å². The minimum absolute atomic E-state index is 0.0188. The smallest absolute Gasteiger partial charge is 0.248 e. The molecular weight excluding hydrogens is 468 g/mol. The largest absolute Gasteiger partial charge is 0.495 e. The Morgan fingerprint density at radius 2 is 1.94 bits per heavy atom. The number of anilines is 1. The maximum atomic E-state index is 13.0. The quantitative estimate of drug-likeness (QED) is 0.655. The van der Waals surface area contributed by atoms with Gasteiger partial charge in [0.15, 0.2) is 5.76 Å². The van der Waals surface area contributed by atoms with E-state index in [0.717, 1.165) is 24.4 Å². The molecule has 2 aliphatic heterocycles. The lowest BCUT2D eigenvalue weighted by atomic mass is 9.97. The fourth-order valence-corrected chi connectivity index (χ4v) is 6.58. The lowest BCUT2D eigenvalue weighted by molar-refractivity contribution is -0.126. The predicted molar refractivity (Wildman–Crippen MR) is 124 cm³/mol. The normalized spacial score (nSPS) is 20.2. The molecule has 1 aromatic carbocycles. The summed E-state index contributed by atoms with van der Waals surface area (Å²) < 4.78 is 37.9. The highest BCUT2D eigenvalue weighted by Gasteiger charge is 2.36. The molecule has 2 aliphatic rings. The van der Waals surface area contributed by atoms with Crippen LogP contribution in [0.4, 0.5) is 5.69 Å². The fraction of sp³-hybridized carbons (Fsp3) is 0.545. The summed E-state index contributed by atoms with van der Waals surface area (Å²) in [4.78, 5) is 15.2. The number of carbonyl (C=O) groups excluding carboxylic acids is 1. The van der Waals surface area contributed by atoms with E-state index in [9.17, 15) is 13.2 Å². The van der Waals surface area contributed by atoms with Crippen molar-refractivity contribution in [1.29, 1.82) is 0 Å². The van der Waals surface area contributed by atoms with Crippen molar-refractivity contribution in [3.8, 4) is 5.75 Å². The first-order valence-electron chi connectivity index (χ1n) is 11.0. The topological polar surface area (TPSA) is 105 Å². The van der Waals surface area contributed by atoms with Gasteiger partial charge in [0.1, 0.15) is 16.3 Å². The number of aromatic nitrogens is 1. The van der Waals surface area contributed by atoms with Crippen LogP contribution in [0.15, 0.2) is 27.6 Å². The number of halogens is 1. The van der Waals surface area contributed by atoms with Crippen LogP contribution in [0.5, 0.6) is 5.75 Å². The van der Waals surface area contributed by atoms with E-state index in [1.165, 1.54) is 4.31 Å². The van der Waals surface area contributed by atoms with Gasteiger partial charge in [-0.1, -0.05) is 16.8 Å². The van der Waals surface area contributed by atoms with Gasteiger partial charge in [-0.25, -0.2) is 8.42 Å². The Hall–Kier alpha value is -2.30. The van der Waals surface area contributed by atoms with Crippen LogP contribution in [0.2, 0.25) is 5.02 Å². The van der Waals surface area contributed by atoms with Gasteiger partial charge in [0.05, 0.1) is 12.8 Å². The third-order valence-corrected chi connectivity index (χ3v) is 8.79. The minimum atomic E-state index is -3.68. The molecule has 1 amide bonds. The van der Waals surface area contributed by atoms with Crippen molar-refractivity contribution in [2.24, 2.45) is 5.92 Å². The highest BCUT2D eigenvalue weighted by molar-refractivity contribution is 7.89. The number of nitrogens with zero attached hydrogens (tertiary/aromatic N) is 3. The number of amides is 1. The standard InChI is InChI=1S/C22H29ClN4O5S/c1-14-21(15(2)32-25-14)33(29,30)27-10-6-16(7-11-27)22(28)24-18-8-9-26(13-18)19-12-17(23)4-5-20(19)31-3/h4-5,12,16,18H,6-11,13H2,1-3H3,(H,24,28). The Morgan fingerprint density at radius 1 is 1.21 bits per heavy atom. The van der Waals surface area contributed by atoms with Crippen molar-refractivity contribution in [3.05, 3.63) is 34.7 Å². The molecule has 3 heterocycles. The molecule has 4 rings (SSSR count). The third-order valence-electron chi connectivity index (χ3n) is 6.41. The summed E-state index contributed by atoms with van der Waals surface area (Å²) in [5.41, 5.74) is 1.27. The molecule has 0 bridgehead atoms. The second-order valence-corrected chi connectivity index (χ2v) is 10.9. The molecule has 2 saturated heterocycles. The summed E-state index contributed by atoms with van der Waals surface area (Å²) in [5.74, 6) is 0.804. The number of hydrogen-bond acceptors (Lipinski definition) is 7. The Morgan fingerprint density at radius 3 is 2.58 bits per heavy atom. The van der Waals surface area contributed by atoms with Gasteiger partial charge in [-0.2, -0.15) is 4.31 Å². The zero-order valence-corrected chi connectivity index (χ0v) is 20.6. The summed E-state index contributed by atoms with van der Waals surface area (Å²) in [5, 5.41) is 7.55. The summed E-state index contributed by atoms with van der Waals surface area (Å²) in [6, 6.07) is 5.52. The fourth-order valence-electron chi connectivity index (χ4n) is 4.66. The minimum Gasteiger partial charge on any atom is -0.495 e. The SMILES string of the molecule is COc1ccc(Cl)cc1N1CCC(NC(=O)C2CCN(S(=O)(=O)c3c(C)noc3C)CC2)C1. The number of piperidine rings is 1. The monoisotopic (exact) mass is 496 g/mol. The first-order chi connectivity index (χ1) is 15.7. The Labute approximate surface area is 199 Å². The molecule has 0 saturated carbocycles. The maximum Gasteiger partial charge on any atom is 0.248 e. The summed E-state index contributed by atoms with van der Waals surface area (Å²) in [6.45, 7) is 5.25. The van der Waals surface area contributed by atoms with Crippen LogP contribution in [0.3, 0.4) is 0 Å². The van der Waals surface area contributed by atoms with Crippen molar-refractivity contribution in [2.45, 2.75) is 44.0 Å². The van der Waals surface area contributed by atoms with Crippen molar-refractivity contribution >= 4 is 33.2 Å². The van der Waals surface area contributed by atoms with E-state index in [4.69, 9.17) is 20.9 Å². The number of methoxy groups -OCH3 is 1. The molecule has 0 radical (unpaired) electrons. The second-order valence-electron chi connectivity index (χ2n) is 8.59. The molecule has 1 N–H and O–H groups in total. The third kappa shape index (κ3) is 4.83. The van der Waals surface area contributed by atoms with E-state index in [1.807, 2.05) is 12.1 Å². The Kier molecular flexibility index (Phi) is 6.88. The van der Waals surface area contributed by atoms with E-state index in [1.54, 1.807) is 27.0 Å². The first-order valence-corrected chi connectivity index (χ1v) is 12.8. The number of aryl methyl sites for hydroxylation is 2. The lowest BCUT2D eigenvalue weighted by Gasteiger charge is -2.31. The van der Waals surface area contributed by atoms with Crippen LogP contribution >= 0.6 is 11.6 Å². The number of nitrogens with one attached hydrogen (secondary N) is 1. The molecule has 0 aliphatic carbocycles. The van der Waals surface area contributed by atoms with Crippen LogP contribution < -0.4 is 15.0 Å². The highest BCUT2D eigenvalue weighted by Crippen LogP contribution is 2.33. The molecule has 180 valence electrons. The van der Waals surface area contributed by atoms with E-state index < -0.39 is 10.0 Å². The highest BCUT2D eigenvalue weighted by atomic mass is 35.5.